The third-order valence-corrected chi connectivity index (χ3v) is 2.26. The molecular formula is C10H9NO3. The van der Waals surface area contributed by atoms with E-state index in [9.17, 15) is 9.59 Å². The molecule has 0 aromatic heterocycles. The highest BCUT2D eigenvalue weighted by molar-refractivity contribution is 6.06. The summed E-state index contributed by atoms with van der Waals surface area (Å²) >= 11 is 0. The van der Waals surface area contributed by atoms with Gasteiger partial charge in [0.05, 0.1) is 5.92 Å². The van der Waals surface area contributed by atoms with E-state index in [-0.39, 0.29) is 24.0 Å². The van der Waals surface area contributed by atoms with Crippen LogP contribution in [-0.4, -0.2) is 16.9 Å². The van der Waals surface area contributed by atoms with Crippen LogP contribution in [0.15, 0.2) is 24.3 Å². The van der Waals surface area contributed by atoms with E-state index in [0.29, 0.717) is 0 Å². The number of carbonyl (C=O) groups excluding carboxylic acids is 2. The van der Waals surface area contributed by atoms with E-state index in [0.717, 1.165) is 5.56 Å². The van der Waals surface area contributed by atoms with Crippen LogP contribution in [0.2, 0.25) is 0 Å². The maximum Gasteiger partial charge on any atom is 0.234 e. The lowest BCUT2D eigenvalue weighted by Gasteiger charge is -2.05. The number of rotatable bonds is 1. The second-order valence-electron chi connectivity index (χ2n) is 3.26. The maximum absolute atomic E-state index is 11.3. The Morgan fingerprint density at radius 1 is 1.21 bits per heavy atom. The molecule has 1 aliphatic rings. The van der Waals surface area contributed by atoms with Crippen molar-refractivity contribution in [2.24, 2.45) is 0 Å². The molecule has 0 bridgehead atoms. The van der Waals surface area contributed by atoms with Crippen molar-refractivity contribution >= 4 is 11.8 Å². The van der Waals surface area contributed by atoms with Crippen molar-refractivity contribution < 1.29 is 14.7 Å². The molecular weight excluding hydrogens is 182 g/mol. The Hall–Kier alpha value is -1.84. The molecule has 1 aromatic rings. The highest BCUT2D eigenvalue weighted by Gasteiger charge is 2.31. The van der Waals surface area contributed by atoms with E-state index in [4.69, 9.17) is 5.11 Å². The quantitative estimate of drug-likeness (QED) is 0.636. The molecule has 1 saturated heterocycles. The van der Waals surface area contributed by atoms with Gasteiger partial charge < -0.3 is 5.11 Å². The second kappa shape index (κ2) is 3.14. The Bertz CT molecular complexity index is 383. The van der Waals surface area contributed by atoms with E-state index >= 15 is 0 Å². The molecule has 4 nitrogen and oxygen atoms in total. The molecule has 0 saturated carbocycles. The van der Waals surface area contributed by atoms with Crippen molar-refractivity contribution in [3.05, 3.63) is 29.8 Å². The highest BCUT2D eigenvalue weighted by Crippen LogP contribution is 2.25. The van der Waals surface area contributed by atoms with Gasteiger partial charge in [0, 0.05) is 6.42 Å². The number of aromatic hydroxyl groups is 1. The Morgan fingerprint density at radius 3 is 2.36 bits per heavy atom. The van der Waals surface area contributed by atoms with Gasteiger partial charge in [-0.3, -0.25) is 14.9 Å². The van der Waals surface area contributed by atoms with Gasteiger partial charge in [-0.25, -0.2) is 0 Å². The Balaban J connectivity index is 2.27. The number of imide groups is 1. The van der Waals surface area contributed by atoms with Gasteiger partial charge in [-0.2, -0.15) is 0 Å². The molecule has 0 aliphatic carbocycles. The topological polar surface area (TPSA) is 66.4 Å². The standard InChI is InChI=1S/C10H9NO3/c12-7-3-1-6(2-4-7)8-5-9(13)11-10(8)14/h1-4,8,12H,5H2,(H,11,13,14)/t8-/m1/s1. The number of phenolic OH excluding ortho intramolecular Hbond substituents is 1. The molecule has 1 aromatic carbocycles. The molecule has 1 fully saturated rings. The summed E-state index contributed by atoms with van der Waals surface area (Å²) in [7, 11) is 0. The lowest BCUT2D eigenvalue weighted by molar-refractivity contribution is -0.125. The molecule has 4 heteroatoms. The third-order valence-electron chi connectivity index (χ3n) is 2.26. The van der Waals surface area contributed by atoms with Crippen LogP contribution in [0.4, 0.5) is 0 Å². The lowest BCUT2D eigenvalue weighted by atomic mass is 9.98. The van der Waals surface area contributed by atoms with Crippen LogP contribution in [0, 0.1) is 0 Å². The maximum atomic E-state index is 11.3. The number of hydrogen-bond acceptors (Lipinski definition) is 3. The minimum absolute atomic E-state index is 0.151. The SMILES string of the molecule is O=C1C[C@H](c2ccc(O)cc2)C(=O)N1. The molecule has 2 amide bonds. The highest BCUT2D eigenvalue weighted by atomic mass is 16.3. The number of amides is 2. The molecule has 1 atom stereocenters. The first-order valence-electron chi connectivity index (χ1n) is 4.29. The zero-order valence-electron chi connectivity index (χ0n) is 7.36. The fourth-order valence-corrected chi connectivity index (χ4v) is 1.53. The summed E-state index contributed by atoms with van der Waals surface area (Å²) in [6.45, 7) is 0. The molecule has 1 heterocycles. The van der Waals surface area contributed by atoms with Gasteiger partial charge in [-0.05, 0) is 17.7 Å². The summed E-state index contributed by atoms with van der Waals surface area (Å²) in [5, 5.41) is 11.3. The van der Waals surface area contributed by atoms with E-state index in [1.807, 2.05) is 0 Å². The van der Waals surface area contributed by atoms with Gasteiger partial charge in [0.2, 0.25) is 11.8 Å². The summed E-state index contributed by atoms with van der Waals surface area (Å²) < 4.78 is 0. The molecule has 0 radical (unpaired) electrons. The fourth-order valence-electron chi connectivity index (χ4n) is 1.53. The van der Waals surface area contributed by atoms with Crippen LogP contribution in [0.25, 0.3) is 0 Å². The molecule has 2 N–H and O–H groups in total. The van der Waals surface area contributed by atoms with Crippen LogP contribution >= 0.6 is 0 Å². The summed E-state index contributed by atoms with van der Waals surface area (Å²) in [6.07, 6.45) is 0.198. The van der Waals surface area contributed by atoms with Gasteiger partial charge in [0.1, 0.15) is 5.75 Å². The summed E-state index contributed by atoms with van der Waals surface area (Å²) in [6, 6.07) is 6.31. The van der Waals surface area contributed by atoms with Crippen molar-refractivity contribution in [3.8, 4) is 5.75 Å². The first kappa shape index (κ1) is 8.74. The van der Waals surface area contributed by atoms with Crippen molar-refractivity contribution in [1.29, 1.82) is 0 Å². The molecule has 2 rings (SSSR count). The van der Waals surface area contributed by atoms with Crippen molar-refractivity contribution in [1.82, 2.24) is 5.32 Å². The predicted molar refractivity (Wildman–Crippen MR) is 48.6 cm³/mol. The minimum atomic E-state index is -0.400. The van der Waals surface area contributed by atoms with Crippen LogP contribution in [0.5, 0.6) is 5.75 Å². The number of hydrogen-bond donors (Lipinski definition) is 2. The number of benzene rings is 1. The lowest BCUT2D eigenvalue weighted by Crippen LogP contribution is -2.21. The van der Waals surface area contributed by atoms with Crippen LogP contribution in [0.3, 0.4) is 0 Å². The van der Waals surface area contributed by atoms with Gasteiger partial charge in [-0.1, -0.05) is 12.1 Å². The number of phenols is 1. The van der Waals surface area contributed by atoms with E-state index in [1.54, 1.807) is 12.1 Å². The average Bonchev–Trinajstić information content (AvgIpc) is 2.47. The number of carbonyl (C=O) groups is 2. The zero-order chi connectivity index (χ0) is 10.1. The molecule has 72 valence electrons. The van der Waals surface area contributed by atoms with Gasteiger partial charge in [-0.15, -0.1) is 0 Å². The second-order valence-corrected chi connectivity index (χ2v) is 3.26. The van der Waals surface area contributed by atoms with Crippen LogP contribution < -0.4 is 5.32 Å². The Labute approximate surface area is 80.6 Å². The Kier molecular flexibility index (Phi) is 1.96. The van der Waals surface area contributed by atoms with Crippen LogP contribution in [-0.2, 0) is 9.59 Å². The third kappa shape index (κ3) is 1.46. The van der Waals surface area contributed by atoms with Gasteiger partial charge in [0.15, 0.2) is 0 Å². The first-order valence-corrected chi connectivity index (χ1v) is 4.29. The van der Waals surface area contributed by atoms with Crippen molar-refractivity contribution in [3.63, 3.8) is 0 Å². The largest absolute Gasteiger partial charge is 0.508 e. The summed E-state index contributed by atoms with van der Waals surface area (Å²) in [4.78, 5) is 22.2. The normalized spacial score (nSPS) is 21.0. The fraction of sp³-hybridized carbons (Fsp3) is 0.200. The number of nitrogens with one attached hydrogen (secondary N) is 1. The average molecular weight is 191 g/mol. The van der Waals surface area contributed by atoms with Crippen molar-refractivity contribution in [2.75, 3.05) is 0 Å². The molecule has 14 heavy (non-hydrogen) atoms. The zero-order valence-corrected chi connectivity index (χ0v) is 7.36. The van der Waals surface area contributed by atoms with Crippen LogP contribution in [0.1, 0.15) is 17.9 Å². The molecule has 0 unspecified atom stereocenters. The smallest absolute Gasteiger partial charge is 0.234 e. The molecule has 0 spiro atoms. The van der Waals surface area contributed by atoms with E-state index < -0.39 is 5.92 Å². The first-order chi connectivity index (χ1) is 6.66. The van der Waals surface area contributed by atoms with Crippen molar-refractivity contribution in [2.45, 2.75) is 12.3 Å². The van der Waals surface area contributed by atoms with Gasteiger partial charge in [0.25, 0.3) is 0 Å². The summed E-state index contributed by atoms with van der Waals surface area (Å²) in [5.41, 5.74) is 0.756. The Morgan fingerprint density at radius 2 is 1.86 bits per heavy atom. The van der Waals surface area contributed by atoms with E-state index in [2.05, 4.69) is 5.32 Å². The van der Waals surface area contributed by atoms with E-state index in [1.165, 1.54) is 12.1 Å². The summed E-state index contributed by atoms with van der Waals surface area (Å²) in [5.74, 6) is -0.754. The molecule has 1 aliphatic heterocycles. The van der Waals surface area contributed by atoms with Gasteiger partial charge >= 0.3 is 0 Å². The predicted octanol–water partition coefficient (Wildman–Crippen LogP) is 0.522. The monoisotopic (exact) mass is 191 g/mol. The minimum Gasteiger partial charge on any atom is -0.508 e.